The van der Waals surface area contributed by atoms with Gasteiger partial charge in [-0.2, -0.15) is 15.0 Å². The number of nitrogens with two attached hydrogens (primary N) is 1. The SMILES string of the molecule is CN(C)c1nc(N)nc(CN(C)C2CCCNCC2)n1. The molecule has 1 aromatic heterocycles. The van der Waals surface area contributed by atoms with Crippen molar-refractivity contribution < 1.29 is 0 Å². The van der Waals surface area contributed by atoms with Crippen LogP contribution in [0.5, 0.6) is 0 Å². The number of anilines is 2. The van der Waals surface area contributed by atoms with Crippen molar-refractivity contribution in [2.75, 3.05) is 44.9 Å². The lowest BCUT2D eigenvalue weighted by atomic mass is 10.1. The van der Waals surface area contributed by atoms with Gasteiger partial charge in [0.1, 0.15) is 5.82 Å². The lowest BCUT2D eigenvalue weighted by Crippen LogP contribution is -2.33. The Bertz CT molecular complexity index is 427. The van der Waals surface area contributed by atoms with Crippen LogP contribution in [-0.2, 0) is 6.54 Å². The largest absolute Gasteiger partial charge is 0.368 e. The maximum Gasteiger partial charge on any atom is 0.229 e. The van der Waals surface area contributed by atoms with Crippen LogP contribution >= 0.6 is 0 Å². The second-order valence-corrected chi connectivity index (χ2v) is 5.55. The van der Waals surface area contributed by atoms with E-state index >= 15 is 0 Å². The number of nitrogen functional groups attached to an aromatic ring is 1. The summed E-state index contributed by atoms with van der Waals surface area (Å²) in [5.74, 6) is 1.64. The van der Waals surface area contributed by atoms with Crippen LogP contribution in [-0.4, -0.2) is 60.1 Å². The first-order valence-electron chi connectivity index (χ1n) is 7.15. The Labute approximate surface area is 120 Å². The molecule has 0 aromatic carbocycles. The van der Waals surface area contributed by atoms with Gasteiger partial charge in [0.15, 0.2) is 0 Å². The average Bonchev–Trinajstić information content (AvgIpc) is 2.66. The minimum atomic E-state index is 0.287. The molecular weight excluding hydrogens is 254 g/mol. The molecule has 2 heterocycles. The van der Waals surface area contributed by atoms with Crippen LogP contribution in [0.15, 0.2) is 0 Å². The molecule has 3 N–H and O–H groups in total. The highest BCUT2D eigenvalue weighted by Crippen LogP contribution is 2.14. The fourth-order valence-electron chi connectivity index (χ4n) is 2.49. The molecule has 1 unspecified atom stereocenters. The molecule has 112 valence electrons. The summed E-state index contributed by atoms with van der Waals surface area (Å²) in [4.78, 5) is 17.0. The van der Waals surface area contributed by atoms with Gasteiger partial charge in [-0.25, -0.2) is 0 Å². The van der Waals surface area contributed by atoms with Crippen LogP contribution in [0, 0.1) is 0 Å². The molecule has 0 aliphatic carbocycles. The molecule has 20 heavy (non-hydrogen) atoms. The summed E-state index contributed by atoms with van der Waals surface area (Å²) >= 11 is 0. The van der Waals surface area contributed by atoms with E-state index in [0.717, 1.165) is 25.3 Å². The summed E-state index contributed by atoms with van der Waals surface area (Å²) in [5, 5.41) is 3.43. The molecule has 1 atom stereocenters. The van der Waals surface area contributed by atoms with E-state index in [1.165, 1.54) is 12.8 Å². The Morgan fingerprint density at radius 1 is 1.15 bits per heavy atom. The summed E-state index contributed by atoms with van der Waals surface area (Å²) in [6.07, 6.45) is 3.60. The Hall–Kier alpha value is -1.47. The Morgan fingerprint density at radius 2 is 1.95 bits per heavy atom. The van der Waals surface area contributed by atoms with Crippen LogP contribution in [0.1, 0.15) is 25.1 Å². The van der Waals surface area contributed by atoms with E-state index in [2.05, 4.69) is 32.2 Å². The first-order chi connectivity index (χ1) is 9.56. The van der Waals surface area contributed by atoms with Crippen LogP contribution in [0.2, 0.25) is 0 Å². The molecule has 1 fully saturated rings. The standard InChI is InChI=1S/C13H25N7/c1-19(2)13-17-11(16-12(14)18-13)9-20(3)10-5-4-7-15-8-6-10/h10,15H,4-9H2,1-3H3,(H2,14,16,17,18). The van der Waals surface area contributed by atoms with Gasteiger partial charge in [0.25, 0.3) is 0 Å². The van der Waals surface area contributed by atoms with Crippen molar-refractivity contribution in [2.24, 2.45) is 0 Å². The Morgan fingerprint density at radius 3 is 2.70 bits per heavy atom. The van der Waals surface area contributed by atoms with E-state index < -0.39 is 0 Å². The third-order valence-corrected chi connectivity index (χ3v) is 3.65. The Kier molecular flexibility index (Phi) is 5.08. The van der Waals surface area contributed by atoms with Gasteiger partial charge in [-0.05, 0) is 39.4 Å². The van der Waals surface area contributed by atoms with E-state index in [-0.39, 0.29) is 5.95 Å². The van der Waals surface area contributed by atoms with Crippen molar-refractivity contribution in [1.29, 1.82) is 0 Å². The number of aromatic nitrogens is 3. The zero-order valence-electron chi connectivity index (χ0n) is 12.6. The quantitative estimate of drug-likeness (QED) is 0.808. The molecule has 1 aliphatic rings. The molecule has 2 rings (SSSR count). The maximum atomic E-state index is 5.76. The van der Waals surface area contributed by atoms with Crippen molar-refractivity contribution in [2.45, 2.75) is 31.8 Å². The second-order valence-electron chi connectivity index (χ2n) is 5.55. The van der Waals surface area contributed by atoms with Gasteiger partial charge in [-0.15, -0.1) is 0 Å². The highest BCUT2D eigenvalue weighted by atomic mass is 15.3. The lowest BCUT2D eigenvalue weighted by Gasteiger charge is -2.26. The number of nitrogens with one attached hydrogen (secondary N) is 1. The number of hydrogen-bond acceptors (Lipinski definition) is 7. The van der Waals surface area contributed by atoms with Crippen molar-refractivity contribution in [1.82, 2.24) is 25.2 Å². The van der Waals surface area contributed by atoms with Gasteiger partial charge < -0.3 is 16.0 Å². The van der Waals surface area contributed by atoms with Crippen LogP contribution < -0.4 is 16.0 Å². The van der Waals surface area contributed by atoms with Crippen LogP contribution in [0.25, 0.3) is 0 Å². The monoisotopic (exact) mass is 279 g/mol. The van der Waals surface area contributed by atoms with Gasteiger partial charge in [0.05, 0.1) is 6.54 Å². The Balaban J connectivity index is 2.04. The molecule has 0 spiro atoms. The number of nitrogens with zero attached hydrogens (tertiary/aromatic N) is 5. The van der Waals surface area contributed by atoms with Crippen molar-refractivity contribution in [3.05, 3.63) is 5.82 Å². The van der Waals surface area contributed by atoms with Crippen molar-refractivity contribution >= 4 is 11.9 Å². The molecule has 0 saturated carbocycles. The van der Waals surface area contributed by atoms with Gasteiger partial charge in [-0.3, -0.25) is 4.90 Å². The third kappa shape index (κ3) is 4.01. The van der Waals surface area contributed by atoms with E-state index in [4.69, 9.17) is 5.73 Å². The van der Waals surface area contributed by atoms with Crippen LogP contribution in [0.3, 0.4) is 0 Å². The highest BCUT2D eigenvalue weighted by molar-refractivity contribution is 5.32. The molecule has 7 heteroatoms. The molecule has 0 amide bonds. The smallest absolute Gasteiger partial charge is 0.229 e. The van der Waals surface area contributed by atoms with Crippen LogP contribution in [0.4, 0.5) is 11.9 Å². The van der Waals surface area contributed by atoms with Crippen molar-refractivity contribution in [3.63, 3.8) is 0 Å². The minimum Gasteiger partial charge on any atom is -0.368 e. The van der Waals surface area contributed by atoms with E-state index in [1.54, 1.807) is 0 Å². The molecule has 0 bridgehead atoms. The summed E-state index contributed by atoms with van der Waals surface area (Å²) in [5.41, 5.74) is 5.76. The minimum absolute atomic E-state index is 0.287. The maximum absolute atomic E-state index is 5.76. The molecule has 1 aliphatic heterocycles. The molecule has 1 aromatic rings. The zero-order chi connectivity index (χ0) is 14.5. The lowest BCUT2D eigenvalue weighted by molar-refractivity contribution is 0.211. The predicted octanol–water partition coefficient (Wildman–Crippen LogP) is 0.0937. The van der Waals surface area contributed by atoms with E-state index in [9.17, 15) is 0 Å². The summed E-state index contributed by atoms with van der Waals surface area (Å²) < 4.78 is 0. The van der Waals surface area contributed by atoms with Crippen molar-refractivity contribution in [3.8, 4) is 0 Å². The molecular formula is C13H25N7. The van der Waals surface area contributed by atoms with E-state index in [0.29, 0.717) is 18.5 Å². The summed E-state index contributed by atoms with van der Waals surface area (Å²) in [6.45, 7) is 2.91. The molecule has 7 nitrogen and oxygen atoms in total. The highest BCUT2D eigenvalue weighted by Gasteiger charge is 2.18. The average molecular weight is 279 g/mol. The van der Waals surface area contributed by atoms with E-state index in [1.807, 2.05) is 19.0 Å². The van der Waals surface area contributed by atoms with Gasteiger partial charge in [-0.1, -0.05) is 0 Å². The first-order valence-corrected chi connectivity index (χ1v) is 7.15. The van der Waals surface area contributed by atoms with Gasteiger partial charge >= 0.3 is 0 Å². The summed E-state index contributed by atoms with van der Waals surface area (Å²) in [6, 6.07) is 0.575. The van der Waals surface area contributed by atoms with Gasteiger partial charge in [0.2, 0.25) is 11.9 Å². The molecule has 1 saturated heterocycles. The number of rotatable bonds is 4. The zero-order valence-corrected chi connectivity index (χ0v) is 12.6. The fourth-order valence-corrected chi connectivity index (χ4v) is 2.49. The second kappa shape index (κ2) is 6.81. The summed E-state index contributed by atoms with van der Waals surface area (Å²) in [7, 11) is 5.93. The number of hydrogen-bond donors (Lipinski definition) is 2. The van der Waals surface area contributed by atoms with Gasteiger partial charge in [0, 0.05) is 20.1 Å². The fraction of sp³-hybridized carbons (Fsp3) is 0.769. The normalized spacial score (nSPS) is 19.9. The predicted molar refractivity (Wildman–Crippen MR) is 80.5 cm³/mol. The third-order valence-electron chi connectivity index (χ3n) is 3.65. The topological polar surface area (TPSA) is 83.2 Å². The first kappa shape index (κ1) is 14.9. The molecule has 0 radical (unpaired) electrons.